The fourth-order valence-corrected chi connectivity index (χ4v) is 2.62. The lowest BCUT2D eigenvalue weighted by atomic mass is 10.2. The van der Waals surface area contributed by atoms with Crippen molar-refractivity contribution in [1.82, 2.24) is 24.7 Å². The lowest BCUT2D eigenvalue weighted by Crippen LogP contribution is -1.94. The summed E-state index contributed by atoms with van der Waals surface area (Å²) >= 11 is 1.55. The van der Waals surface area contributed by atoms with Crippen LogP contribution in [0.2, 0.25) is 0 Å². The number of aromatic nitrogens is 5. The fourth-order valence-electron chi connectivity index (χ4n) is 1.76. The molecule has 0 aliphatic carbocycles. The van der Waals surface area contributed by atoms with Gasteiger partial charge in [-0.2, -0.15) is 4.98 Å². The molecule has 0 spiro atoms. The Balaban J connectivity index is 1.82. The van der Waals surface area contributed by atoms with Crippen molar-refractivity contribution in [3.63, 3.8) is 0 Å². The van der Waals surface area contributed by atoms with Gasteiger partial charge < -0.3 is 4.52 Å². The van der Waals surface area contributed by atoms with Crippen LogP contribution < -0.4 is 0 Å². The molecule has 0 saturated carbocycles. The maximum Gasteiger partial charge on any atom is 0.239 e. The second kappa shape index (κ2) is 5.24. The van der Waals surface area contributed by atoms with Crippen molar-refractivity contribution in [3.05, 3.63) is 36.1 Å². The van der Waals surface area contributed by atoms with E-state index in [0.717, 1.165) is 16.6 Å². The van der Waals surface area contributed by atoms with E-state index in [2.05, 4.69) is 20.3 Å². The molecular formula is C13H15N5OS. The summed E-state index contributed by atoms with van der Waals surface area (Å²) in [6.45, 7) is 6.10. The predicted octanol–water partition coefficient (Wildman–Crippen LogP) is 3.09. The normalized spacial score (nSPS) is 13.2. The first-order chi connectivity index (χ1) is 9.65. The molecule has 0 aromatic carbocycles. The number of nitrogens with zero attached hydrogens (tertiary/aromatic N) is 5. The Morgan fingerprint density at radius 2 is 2.05 bits per heavy atom. The van der Waals surface area contributed by atoms with Crippen molar-refractivity contribution in [2.24, 2.45) is 0 Å². The summed E-state index contributed by atoms with van der Waals surface area (Å²) in [7, 11) is 0. The van der Waals surface area contributed by atoms with Gasteiger partial charge in [-0.25, -0.2) is 0 Å². The molecule has 0 saturated heterocycles. The van der Waals surface area contributed by atoms with Crippen LogP contribution in [0.25, 0.3) is 5.65 Å². The summed E-state index contributed by atoms with van der Waals surface area (Å²) in [5, 5.41) is 13.1. The van der Waals surface area contributed by atoms with Crippen LogP contribution in [0.15, 0.2) is 34.1 Å². The number of hydrogen-bond acceptors (Lipinski definition) is 6. The minimum absolute atomic E-state index is 0.0302. The van der Waals surface area contributed by atoms with E-state index >= 15 is 0 Å². The van der Waals surface area contributed by atoms with Gasteiger partial charge in [0.2, 0.25) is 5.89 Å². The second-order valence-corrected chi connectivity index (χ2v) is 6.12. The van der Waals surface area contributed by atoms with Crippen LogP contribution in [0.4, 0.5) is 0 Å². The van der Waals surface area contributed by atoms with E-state index in [9.17, 15) is 0 Å². The first-order valence-corrected chi connectivity index (χ1v) is 7.33. The van der Waals surface area contributed by atoms with Gasteiger partial charge in [0.15, 0.2) is 16.6 Å². The molecule has 3 heterocycles. The standard InChI is InChI=1S/C13H15N5OS/c1-8(2)11-14-12(19-17-11)9(3)20-13-16-15-10-6-4-5-7-18(10)13/h4-9H,1-3H3. The SMILES string of the molecule is CC(C)c1noc(C(C)Sc2nnc3ccccn23)n1. The Bertz CT molecular complexity index is 720. The number of rotatable bonds is 4. The molecule has 0 amide bonds. The molecule has 0 bridgehead atoms. The third-order valence-corrected chi connectivity index (χ3v) is 3.93. The molecule has 0 fully saturated rings. The average Bonchev–Trinajstić information content (AvgIpc) is 3.06. The second-order valence-electron chi connectivity index (χ2n) is 4.82. The lowest BCUT2D eigenvalue weighted by molar-refractivity contribution is 0.373. The maximum atomic E-state index is 5.31. The molecule has 3 rings (SSSR count). The number of hydrogen-bond donors (Lipinski definition) is 0. The van der Waals surface area contributed by atoms with E-state index in [4.69, 9.17) is 4.52 Å². The minimum Gasteiger partial charge on any atom is -0.338 e. The lowest BCUT2D eigenvalue weighted by Gasteiger charge is -2.04. The van der Waals surface area contributed by atoms with Crippen LogP contribution >= 0.6 is 11.8 Å². The zero-order chi connectivity index (χ0) is 14.1. The van der Waals surface area contributed by atoms with Crippen LogP contribution in [0.1, 0.15) is 43.7 Å². The highest BCUT2D eigenvalue weighted by Gasteiger charge is 2.19. The molecule has 1 atom stereocenters. The first-order valence-electron chi connectivity index (χ1n) is 6.45. The van der Waals surface area contributed by atoms with Crippen molar-refractivity contribution >= 4 is 17.4 Å². The molecule has 3 aromatic rings. The van der Waals surface area contributed by atoms with E-state index in [1.165, 1.54) is 0 Å². The van der Waals surface area contributed by atoms with Gasteiger partial charge >= 0.3 is 0 Å². The van der Waals surface area contributed by atoms with Gasteiger partial charge in [-0.1, -0.05) is 36.8 Å². The summed E-state index contributed by atoms with van der Waals surface area (Å²) in [4.78, 5) is 4.41. The van der Waals surface area contributed by atoms with Crippen LogP contribution in [-0.4, -0.2) is 24.7 Å². The smallest absolute Gasteiger partial charge is 0.239 e. The van der Waals surface area contributed by atoms with Gasteiger partial charge in [-0.3, -0.25) is 4.40 Å². The molecular weight excluding hydrogens is 274 g/mol. The molecule has 20 heavy (non-hydrogen) atoms. The van der Waals surface area contributed by atoms with Gasteiger partial charge in [0, 0.05) is 12.1 Å². The van der Waals surface area contributed by atoms with Crippen LogP contribution in [0, 0.1) is 0 Å². The van der Waals surface area contributed by atoms with Crippen LogP contribution in [0.5, 0.6) is 0 Å². The highest BCUT2D eigenvalue weighted by atomic mass is 32.2. The van der Waals surface area contributed by atoms with Crippen molar-refractivity contribution < 1.29 is 4.52 Å². The van der Waals surface area contributed by atoms with E-state index in [0.29, 0.717) is 5.89 Å². The summed E-state index contributed by atoms with van der Waals surface area (Å²) in [5.74, 6) is 1.61. The van der Waals surface area contributed by atoms with Crippen LogP contribution in [-0.2, 0) is 0 Å². The van der Waals surface area contributed by atoms with Gasteiger partial charge in [-0.05, 0) is 19.1 Å². The van der Waals surface area contributed by atoms with Gasteiger partial charge in [0.05, 0.1) is 5.25 Å². The summed E-state index contributed by atoms with van der Waals surface area (Å²) in [6.07, 6.45) is 1.94. The monoisotopic (exact) mass is 289 g/mol. The Kier molecular flexibility index (Phi) is 3.43. The van der Waals surface area contributed by atoms with E-state index in [1.807, 2.05) is 49.6 Å². The number of pyridine rings is 1. The topological polar surface area (TPSA) is 69.1 Å². The molecule has 1 unspecified atom stereocenters. The Labute approximate surface area is 120 Å². The summed E-state index contributed by atoms with van der Waals surface area (Å²) in [5.41, 5.74) is 0.829. The molecule has 0 N–H and O–H groups in total. The molecule has 7 heteroatoms. The van der Waals surface area contributed by atoms with Crippen molar-refractivity contribution in [3.8, 4) is 0 Å². The predicted molar refractivity (Wildman–Crippen MR) is 75.6 cm³/mol. The van der Waals surface area contributed by atoms with Crippen molar-refractivity contribution in [1.29, 1.82) is 0 Å². The highest BCUT2D eigenvalue weighted by Crippen LogP contribution is 2.33. The number of thioether (sulfide) groups is 1. The Morgan fingerprint density at radius 1 is 1.20 bits per heavy atom. The minimum atomic E-state index is 0.0302. The summed E-state index contributed by atoms with van der Waals surface area (Å²) < 4.78 is 7.25. The zero-order valence-corrected chi connectivity index (χ0v) is 12.3. The Morgan fingerprint density at radius 3 is 2.80 bits per heavy atom. The van der Waals surface area contributed by atoms with Crippen molar-refractivity contribution in [2.75, 3.05) is 0 Å². The average molecular weight is 289 g/mol. The third kappa shape index (κ3) is 2.40. The van der Waals surface area contributed by atoms with E-state index in [1.54, 1.807) is 11.8 Å². The molecule has 3 aromatic heterocycles. The van der Waals surface area contributed by atoms with Crippen molar-refractivity contribution in [2.45, 2.75) is 37.1 Å². The van der Waals surface area contributed by atoms with E-state index < -0.39 is 0 Å². The largest absolute Gasteiger partial charge is 0.338 e. The molecule has 0 aliphatic heterocycles. The first kappa shape index (κ1) is 13.1. The van der Waals surface area contributed by atoms with Gasteiger partial charge in [0.1, 0.15) is 0 Å². The maximum absolute atomic E-state index is 5.31. The fraction of sp³-hybridized carbons (Fsp3) is 0.385. The Hall–Kier alpha value is -1.89. The van der Waals surface area contributed by atoms with Gasteiger partial charge in [0.25, 0.3) is 0 Å². The number of fused-ring (bicyclic) bond motifs is 1. The van der Waals surface area contributed by atoms with Crippen LogP contribution in [0.3, 0.4) is 0 Å². The quantitative estimate of drug-likeness (QED) is 0.687. The summed E-state index contributed by atoms with van der Waals surface area (Å²) in [6, 6.07) is 5.81. The third-order valence-electron chi connectivity index (χ3n) is 2.89. The molecule has 0 radical (unpaired) electrons. The highest BCUT2D eigenvalue weighted by molar-refractivity contribution is 7.99. The molecule has 0 aliphatic rings. The molecule has 104 valence electrons. The molecule has 6 nitrogen and oxygen atoms in total. The van der Waals surface area contributed by atoms with Gasteiger partial charge in [-0.15, -0.1) is 10.2 Å². The zero-order valence-electron chi connectivity index (χ0n) is 11.5. The van der Waals surface area contributed by atoms with E-state index in [-0.39, 0.29) is 11.2 Å².